The number of hydrogen-bond donors (Lipinski definition) is 2. The van der Waals surface area contributed by atoms with E-state index in [4.69, 9.17) is 0 Å². The van der Waals surface area contributed by atoms with Crippen molar-refractivity contribution in [1.29, 1.82) is 0 Å². The molecule has 2 N–H and O–H groups in total. The smallest absolute Gasteiger partial charge is 0.226 e. The zero-order chi connectivity index (χ0) is 11.7. The summed E-state index contributed by atoms with van der Waals surface area (Å²) in [7, 11) is 0. The molecule has 2 fully saturated rings. The fourth-order valence-corrected chi connectivity index (χ4v) is 2.98. The second-order valence-corrected chi connectivity index (χ2v) is 5.04. The Balaban J connectivity index is 0.000000902. The van der Waals surface area contributed by atoms with E-state index in [1.807, 2.05) is 12.1 Å². The van der Waals surface area contributed by atoms with Crippen molar-refractivity contribution in [3.63, 3.8) is 0 Å². The summed E-state index contributed by atoms with van der Waals surface area (Å²) in [4.78, 5) is 16.2. The zero-order valence-electron chi connectivity index (χ0n) is 10.6. The monoisotopic (exact) mass is 303 g/mol. The molecule has 1 atom stereocenters. The predicted molar refractivity (Wildman–Crippen MR) is 78.8 cm³/mol. The lowest BCUT2D eigenvalue weighted by Gasteiger charge is -2.30. The van der Waals surface area contributed by atoms with Gasteiger partial charge in [-0.3, -0.25) is 9.78 Å². The minimum absolute atomic E-state index is 0. The van der Waals surface area contributed by atoms with Gasteiger partial charge in [-0.05, 0) is 50.0 Å². The maximum atomic E-state index is 12.2. The minimum Gasteiger partial charge on any atom is -0.349 e. The number of nitrogens with zero attached hydrogens (tertiary/aromatic N) is 1. The van der Waals surface area contributed by atoms with Crippen LogP contribution in [0.15, 0.2) is 24.5 Å². The van der Waals surface area contributed by atoms with E-state index in [1.54, 1.807) is 12.4 Å². The summed E-state index contributed by atoms with van der Waals surface area (Å²) in [5.74, 6) is 0.237. The van der Waals surface area contributed by atoms with Crippen LogP contribution in [0.25, 0.3) is 0 Å². The molecule has 2 aliphatic heterocycles. The standard InChI is InChI=1S/C13H17N3O.2ClH/c17-12-13(3-7-15-8-4-13)9-11(16-12)10-1-5-14-6-2-10;;/h1-2,5-6,11,15H,3-4,7-9H2,(H,16,17);2*1H. The number of halogens is 2. The Labute approximate surface area is 125 Å². The Morgan fingerprint density at radius 1 is 1.16 bits per heavy atom. The van der Waals surface area contributed by atoms with Gasteiger partial charge < -0.3 is 10.6 Å². The average molecular weight is 304 g/mol. The summed E-state index contributed by atoms with van der Waals surface area (Å²) in [6.07, 6.45) is 6.42. The Hall–Kier alpha value is -0.840. The topological polar surface area (TPSA) is 54.0 Å². The second kappa shape index (κ2) is 6.55. The summed E-state index contributed by atoms with van der Waals surface area (Å²) in [6.45, 7) is 1.91. The van der Waals surface area contributed by atoms with E-state index in [-0.39, 0.29) is 42.2 Å². The van der Waals surface area contributed by atoms with E-state index >= 15 is 0 Å². The Bertz CT molecular complexity index is 421. The van der Waals surface area contributed by atoms with Gasteiger partial charge in [0.15, 0.2) is 0 Å². The molecule has 0 radical (unpaired) electrons. The number of amides is 1. The molecule has 0 aromatic carbocycles. The molecule has 1 unspecified atom stereocenters. The van der Waals surface area contributed by atoms with E-state index in [1.165, 1.54) is 5.56 Å². The van der Waals surface area contributed by atoms with Crippen molar-refractivity contribution in [2.75, 3.05) is 13.1 Å². The first-order valence-corrected chi connectivity index (χ1v) is 6.22. The molecule has 1 spiro atoms. The fraction of sp³-hybridized carbons (Fsp3) is 0.538. The van der Waals surface area contributed by atoms with Crippen molar-refractivity contribution in [2.24, 2.45) is 5.41 Å². The molecule has 3 rings (SSSR count). The molecule has 1 aromatic rings. The van der Waals surface area contributed by atoms with Gasteiger partial charge in [-0.15, -0.1) is 24.8 Å². The van der Waals surface area contributed by atoms with Crippen LogP contribution in [-0.4, -0.2) is 24.0 Å². The first-order valence-electron chi connectivity index (χ1n) is 6.22. The van der Waals surface area contributed by atoms with Gasteiger partial charge in [0.25, 0.3) is 0 Å². The van der Waals surface area contributed by atoms with Crippen LogP contribution in [0.5, 0.6) is 0 Å². The SMILES string of the molecule is Cl.Cl.O=C1NC(c2ccncc2)CC12CCNCC2. The zero-order valence-corrected chi connectivity index (χ0v) is 12.2. The maximum absolute atomic E-state index is 12.2. The number of aromatic nitrogens is 1. The lowest BCUT2D eigenvalue weighted by molar-refractivity contribution is -0.128. The molecule has 3 heterocycles. The van der Waals surface area contributed by atoms with Gasteiger partial charge in [-0.25, -0.2) is 0 Å². The number of rotatable bonds is 1. The van der Waals surface area contributed by atoms with Crippen LogP contribution < -0.4 is 10.6 Å². The van der Waals surface area contributed by atoms with Crippen LogP contribution in [0.1, 0.15) is 30.9 Å². The molecule has 19 heavy (non-hydrogen) atoms. The molecular weight excluding hydrogens is 285 g/mol. The van der Waals surface area contributed by atoms with Crippen LogP contribution >= 0.6 is 24.8 Å². The van der Waals surface area contributed by atoms with E-state index in [0.29, 0.717) is 0 Å². The normalized spacial score (nSPS) is 24.2. The number of pyridine rings is 1. The van der Waals surface area contributed by atoms with E-state index in [9.17, 15) is 4.79 Å². The predicted octanol–water partition coefficient (Wildman–Crippen LogP) is 1.86. The third-order valence-corrected chi connectivity index (χ3v) is 4.05. The molecule has 1 aromatic heterocycles. The van der Waals surface area contributed by atoms with Crippen molar-refractivity contribution in [3.05, 3.63) is 30.1 Å². The third-order valence-electron chi connectivity index (χ3n) is 4.05. The van der Waals surface area contributed by atoms with Crippen LogP contribution in [0, 0.1) is 5.41 Å². The Morgan fingerprint density at radius 2 is 1.79 bits per heavy atom. The van der Waals surface area contributed by atoms with Crippen molar-refractivity contribution in [3.8, 4) is 0 Å². The van der Waals surface area contributed by atoms with E-state index in [0.717, 1.165) is 32.4 Å². The molecule has 0 bridgehead atoms. The van der Waals surface area contributed by atoms with Gasteiger partial charge in [0.2, 0.25) is 5.91 Å². The highest BCUT2D eigenvalue weighted by molar-refractivity contribution is 5.86. The van der Waals surface area contributed by atoms with E-state index in [2.05, 4.69) is 15.6 Å². The molecule has 2 saturated heterocycles. The lowest BCUT2D eigenvalue weighted by atomic mass is 9.76. The summed E-state index contributed by atoms with van der Waals surface area (Å²) in [5, 5.41) is 6.46. The van der Waals surface area contributed by atoms with Gasteiger partial charge >= 0.3 is 0 Å². The number of piperidine rings is 1. The third kappa shape index (κ3) is 3.02. The minimum atomic E-state index is -0.126. The van der Waals surface area contributed by atoms with Crippen molar-refractivity contribution in [2.45, 2.75) is 25.3 Å². The maximum Gasteiger partial charge on any atom is 0.226 e. The van der Waals surface area contributed by atoms with Gasteiger partial charge in [-0.1, -0.05) is 0 Å². The van der Waals surface area contributed by atoms with Gasteiger partial charge in [0.05, 0.1) is 11.5 Å². The first kappa shape index (κ1) is 16.2. The molecule has 4 nitrogen and oxygen atoms in total. The number of hydrogen-bond acceptors (Lipinski definition) is 3. The highest BCUT2D eigenvalue weighted by Crippen LogP contribution is 2.43. The van der Waals surface area contributed by atoms with Crippen molar-refractivity contribution in [1.82, 2.24) is 15.6 Å². The summed E-state index contributed by atoms with van der Waals surface area (Å²) >= 11 is 0. The fourth-order valence-electron chi connectivity index (χ4n) is 2.98. The van der Waals surface area contributed by atoms with E-state index < -0.39 is 0 Å². The lowest BCUT2D eigenvalue weighted by Crippen LogP contribution is -2.41. The average Bonchev–Trinajstić information content (AvgIpc) is 2.69. The molecular formula is C13H19Cl2N3O. The molecule has 106 valence electrons. The Kier molecular flexibility index (Phi) is 5.59. The van der Waals surface area contributed by atoms with Gasteiger partial charge in [0, 0.05) is 12.4 Å². The molecule has 1 amide bonds. The van der Waals surface area contributed by atoms with Gasteiger partial charge in [-0.2, -0.15) is 0 Å². The number of carbonyl (C=O) groups excluding carboxylic acids is 1. The molecule has 0 aliphatic carbocycles. The molecule has 2 aliphatic rings. The summed E-state index contributed by atoms with van der Waals surface area (Å²) in [6, 6.07) is 4.15. The highest BCUT2D eigenvalue weighted by Gasteiger charge is 2.47. The Morgan fingerprint density at radius 3 is 2.42 bits per heavy atom. The molecule has 6 heteroatoms. The largest absolute Gasteiger partial charge is 0.349 e. The van der Waals surface area contributed by atoms with Crippen LogP contribution in [0.3, 0.4) is 0 Å². The molecule has 0 saturated carbocycles. The number of carbonyl (C=O) groups is 1. The highest BCUT2D eigenvalue weighted by atomic mass is 35.5. The first-order chi connectivity index (χ1) is 8.30. The van der Waals surface area contributed by atoms with Gasteiger partial charge in [0.1, 0.15) is 0 Å². The van der Waals surface area contributed by atoms with Crippen molar-refractivity contribution >= 4 is 30.7 Å². The summed E-state index contributed by atoms with van der Waals surface area (Å²) in [5.41, 5.74) is 1.04. The quantitative estimate of drug-likeness (QED) is 0.832. The van der Waals surface area contributed by atoms with Crippen LogP contribution in [0.4, 0.5) is 0 Å². The second-order valence-electron chi connectivity index (χ2n) is 5.04. The number of nitrogens with one attached hydrogen (secondary N) is 2. The van der Waals surface area contributed by atoms with Crippen molar-refractivity contribution < 1.29 is 4.79 Å². The van der Waals surface area contributed by atoms with Crippen LogP contribution in [-0.2, 0) is 4.79 Å². The van der Waals surface area contributed by atoms with Crippen LogP contribution in [0.2, 0.25) is 0 Å². The summed E-state index contributed by atoms with van der Waals surface area (Å²) < 4.78 is 0.